The highest BCUT2D eigenvalue weighted by Gasteiger charge is 2.37. The molecule has 5 nitrogen and oxygen atoms in total. The van der Waals surface area contributed by atoms with Crippen LogP contribution < -0.4 is 5.32 Å². The van der Waals surface area contributed by atoms with Crippen molar-refractivity contribution < 1.29 is 40.3 Å². The number of furan rings is 1. The standard InChI is InChI=1S/C19H8F6N2O3S/c20-18(21,22)10-1-8(2-11(4-10)19(23,24)25)13-7-26-6-9-3-12(30-15(9)13)5-14-16(28)27-17(29)31-14/h1-7H,(H,27,28,29). The van der Waals surface area contributed by atoms with Gasteiger partial charge in [-0.15, -0.1) is 0 Å². The Balaban J connectivity index is 1.87. The number of hydrogen-bond donors (Lipinski definition) is 1. The second-order valence-electron chi connectivity index (χ2n) is 6.40. The Hall–Kier alpha value is -3.28. The molecule has 1 fully saturated rings. The first-order valence-corrected chi connectivity index (χ1v) is 9.16. The van der Waals surface area contributed by atoms with Crippen LogP contribution in [-0.4, -0.2) is 16.1 Å². The lowest BCUT2D eigenvalue weighted by molar-refractivity contribution is -0.143. The maximum Gasteiger partial charge on any atom is 0.416 e. The Kier molecular flexibility index (Phi) is 4.84. The molecule has 1 aromatic carbocycles. The van der Waals surface area contributed by atoms with E-state index in [1.165, 1.54) is 18.3 Å². The minimum atomic E-state index is -5.00. The number of benzene rings is 1. The predicted octanol–water partition coefficient (Wildman–Crippen LogP) is 5.86. The number of alkyl halides is 6. The van der Waals surface area contributed by atoms with Gasteiger partial charge in [0.05, 0.1) is 16.0 Å². The van der Waals surface area contributed by atoms with Crippen molar-refractivity contribution in [3.63, 3.8) is 0 Å². The van der Waals surface area contributed by atoms with E-state index in [4.69, 9.17) is 4.42 Å². The number of fused-ring (bicyclic) bond motifs is 1. The zero-order valence-corrected chi connectivity index (χ0v) is 15.7. The minimum absolute atomic E-state index is 0.0240. The molecule has 0 saturated carbocycles. The quantitative estimate of drug-likeness (QED) is 0.385. The Morgan fingerprint density at radius 3 is 2.13 bits per heavy atom. The molecule has 31 heavy (non-hydrogen) atoms. The average Bonchev–Trinajstić information content (AvgIpc) is 3.21. The molecule has 0 atom stereocenters. The number of rotatable bonds is 2. The predicted molar refractivity (Wildman–Crippen MR) is 98.6 cm³/mol. The number of nitrogens with zero attached hydrogens (tertiary/aromatic N) is 1. The normalized spacial score (nSPS) is 16.4. The summed E-state index contributed by atoms with van der Waals surface area (Å²) < 4.78 is 84.7. The van der Waals surface area contributed by atoms with E-state index in [9.17, 15) is 35.9 Å². The highest BCUT2D eigenvalue weighted by Crippen LogP contribution is 2.40. The zero-order valence-electron chi connectivity index (χ0n) is 14.9. The minimum Gasteiger partial charge on any atom is -0.456 e. The number of halogens is 6. The molecule has 1 saturated heterocycles. The number of carbonyl (C=O) groups is 2. The molecular formula is C19H8F6N2O3S. The van der Waals surface area contributed by atoms with E-state index in [-0.39, 0.29) is 33.3 Å². The summed E-state index contributed by atoms with van der Waals surface area (Å²) in [6.07, 6.45) is -6.39. The maximum atomic E-state index is 13.2. The fourth-order valence-electron chi connectivity index (χ4n) is 2.92. The first kappa shape index (κ1) is 21.0. The van der Waals surface area contributed by atoms with Crippen LogP contribution in [0, 0.1) is 0 Å². The van der Waals surface area contributed by atoms with Crippen LogP contribution in [0.15, 0.2) is 46.0 Å². The molecule has 3 aromatic rings. The van der Waals surface area contributed by atoms with Crippen LogP contribution >= 0.6 is 11.8 Å². The van der Waals surface area contributed by atoms with Crippen LogP contribution in [0.4, 0.5) is 31.1 Å². The second-order valence-corrected chi connectivity index (χ2v) is 7.42. The molecule has 3 heterocycles. The monoisotopic (exact) mass is 458 g/mol. The molecule has 2 amide bonds. The summed E-state index contributed by atoms with van der Waals surface area (Å²) >= 11 is 0.624. The molecule has 4 rings (SSSR count). The summed E-state index contributed by atoms with van der Waals surface area (Å²) in [5.74, 6) is -0.582. The van der Waals surface area contributed by atoms with Gasteiger partial charge in [0.2, 0.25) is 0 Å². The molecule has 0 bridgehead atoms. The van der Waals surface area contributed by atoms with Crippen LogP contribution in [0.1, 0.15) is 16.9 Å². The number of hydrogen-bond acceptors (Lipinski definition) is 5. The molecule has 0 aliphatic carbocycles. The average molecular weight is 458 g/mol. The molecular weight excluding hydrogens is 450 g/mol. The van der Waals surface area contributed by atoms with E-state index in [0.717, 1.165) is 6.20 Å². The highest BCUT2D eigenvalue weighted by molar-refractivity contribution is 8.18. The molecule has 160 valence electrons. The van der Waals surface area contributed by atoms with E-state index >= 15 is 0 Å². The van der Waals surface area contributed by atoms with Crippen molar-refractivity contribution in [2.24, 2.45) is 0 Å². The van der Waals surface area contributed by atoms with Crippen molar-refractivity contribution in [1.82, 2.24) is 10.3 Å². The van der Waals surface area contributed by atoms with Crippen LogP contribution in [0.25, 0.3) is 28.2 Å². The largest absolute Gasteiger partial charge is 0.456 e. The van der Waals surface area contributed by atoms with Crippen LogP contribution in [0.3, 0.4) is 0 Å². The van der Waals surface area contributed by atoms with Crippen LogP contribution in [0.2, 0.25) is 0 Å². The summed E-state index contributed by atoms with van der Waals surface area (Å²) in [5.41, 5.74) is -3.46. The molecule has 1 aliphatic heterocycles. The number of carbonyl (C=O) groups excluding carboxylic acids is 2. The fourth-order valence-corrected chi connectivity index (χ4v) is 3.58. The molecule has 1 N–H and O–H groups in total. The van der Waals surface area contributed by atoms with Gasteiger partial charge in [-0.25, -0.2) is 0 Å². The Labute approximate surface area is 173 Å². The van der Waals surface area contributed by atoms with E-state index in [1.807, 2.05) is 5.32 Å². The number of nitrogens with one attached hydrogen (secondary N) is 1. The van der Waals surface area contributed by atoms with Gasteiger partial charge < -0.3 is 4.42 Å². The molecule has 12 heteroatoms. The fraction of sp³-hybridized carbons (Fsp3) is 0.105. The summed E-state index contributed by atoms with van der Waals surface area (Å²) in [5, 5.41) is 1.75. The summed E-state index contributed by atoms with van der Waals surface area (Å²) in [7, 11) is 0. The second kappa shape index (κ2) is 7.15. The molecule has 0 unspecified atom stereocenters. The van der Waals surface area contributed by atoms with Crippen molar-refractivity contribution in [2.75, 3.05) is 0 Å². The Bertz CT molecular complexity index is 1230. The molecule has 0 radical (unpaired) electrons. The van der Waals surface area contributed by atoms with Gasteiger partial charge in [0.1, 0.15) is 11.3 Å². The summed E-state index contributed by atoms with van der Waals surface area (Å²) in [4.78, 5) is 26.8. The zero-order chi connectivity index (χ0) is 22.6. The van der Waals surface area contributed by atoms with Crippen molar-refractivity contribution >= 4 is 40.0 Å². The van der Waals surface area contributed by atoms with Gasteiger partial charge in [0, 0.05) is 29.4 Å². The van der Waals surface area contributed by atoms with E-state index in [1.54, 1.807) is 0 Å². The van der Waals surface area contributed by atoms with Gasteiger partial charge in [-0.2, -0.15) is 26.3 Å². The van der Waals surface area contributed by atoms with Crippen LogP contribution in [-0.2, 0) is 17.1 Å². The summed E-state index contributed by atoms with van der Waals surface area (Å²) in [6.45, 7) is 0. The lowest BCUT2D eigenvalue weighted by Gasteiger charge is -2.14. The van der Waals surface area contributed by atoms with Crippen molar-refractivity contribution in [2.45, 2.75) is 12.4 Å². The lowest BCUT2D eigenvalue weighted by atomic mass is 9.99. The lowest BCUT2D eigenvalue weighted by Crippen LogP contribution is -2.17. The highest BCUT2D eigenvalue weighted by atomic mass is 32.2. The van der Waals surface area contributed by atoms with E-state index in [2.05, 4.69) is 4.98 Å². The molecule has 0 spiro atoms. The van der Waals surface area contributed by atoms with Gasteiger partial charge in [0.15, 0.2) is 0 Å². The number of imide groups is 1. The Morgan fingerprint density at radius 2 is 1.58 bits per heavy atom. The number of thioether (sulfide) groups is 1. The number of aromatic nitrogens is 1. The number of amides is 2. The molecule has 1 aliphatic rings. The van der Waals surface area contributed by atoms with Crippen LogP contribution in [0.5, 0.6) is 0 Å². The van der Waals surface area contributed by atoms with E-state index in [0.29, 0.717) is 23.9 Å². The SMILES string of the molecule is O=C1NC(=O)C(=Cc2cc3cncc(-c4cc(C(F)(F)F)cc(C(F)(F)F)c4)c3o2)S1. The van der Waals surface area contributed by atoms with Gasteiger partial charge >= 0.3 is 12.4 Å². The molecule has 2 aromatic heterocycles. The first-order chi connectivity index (χ1) is 14.4. The van der Waals surface area contributed by atoms with Gasteiger partial charge in [0.25, 0.3) is 11.1 Å². The number of pyridine rings is 1. The van der Waals surface area contributed by atoms with Crippen molar-refractivity contribution in [3.8, 4) is 11.1 Å². The topological polar surface area (TPSA) is 72.2 Å². The van der Waals surface area contributed by atoms with E-state index < -0.39 is 40.2 Å². The third kappa shape index (κ3) is 4.15. The smallest absolute Gasteiger partial charge is 0.416 e. The van der Waals surface area contributed by atoms with Gasteiger partial charge in [-0.1, -0.05) is 0 Å². The van der Waals surface area contributed by atoms with Gasteiger partial charge in [-0.05, 0) is 41.6 Å². The maximum absolute atomic E-state index is 13.2. The third-order valence-electron chi connectivity index (χ3n) is 4.26. The van der Waals surface area contributed by atoms with Crippen molar-refractivity contribution in [3.05, 3.63) is 58.5 Å². The summed E-state index contributed by atoms with van der Waals surface area (Å²) in [6, 6.07) is 2.58. The van der Waals surface area contributed by atoms with Crippen molar-refractivity contribution in [1.29, 1.82) is 0 Å². The Morgan fingerprint density at radius 1 is 0.935 bits per heavy atom. The van der Waals surface area contributed by atoms with Gasteiger partial charge in [-0.3, -0.25) is 19.9 Å². The third-order valence-corrected chi connectivity index (χ3v) is 5.07. The first-order valence-electron chi connectivity index (χ1n) is 8.34.